The third-order valence-electron chi connectivity index (χ3n) is 3.06. The third kappa shape index (κ3) is 5.46. The Morgan fingerprint density at radius 2 is 1.17 bits per heavy atom. The molecule has 1 fully saturated rings. The van der Waals surface area contributed by atoms with Gasteiger partial charge in [-0.2, -0.15) is 0 Å². The molecule has 0 aromatic carbocycles. The number of carbonyl (C=O) groups excluding carboxylic acids is 2. The van der Waals surface area contributed by atoms with Gasteiger partial charge in [-0.1, -0.05) is 0 Å². The first-order chi connectivity index (χ1) is 8.65. The first kappa shape index (κ1) is 14.9. The van der Waals surface area contributed by atoms with E-state index in [2.05, 4.69) is 0 Å². The number of rotatable bonds is 6. The molecule has 1 heterocycles. The van der Waals surface area contributed by atoms with Gasteiger partial charge in [-0.25, -0.2) is 9.59 Å². The first-order valence-electron chi connectivity index (χ1n) is 6.64. The molecule has 0 radical (unpaired) electrons. The molecule has 0 aromatic heterocycles. The summed E-state index contributed by atoms with van der Waals surface area (Å²) in [6.45, 7) is 8.95. The van der Waals surface area contributed by atoms with Gasteiger partial charge in [-0.15, -0.1) is 0 Å². The van der Waals surface area contributed by atoms with Crippen LogP contribution in [0.25, 0.3) is 0 Å². The van der Waals surface area contributed by atoms with Crippen LogP contribution in [0.15, 0.2) is 0 Å². The molecule has 0 amide bonds. The maximum absolute atomic E-state index is 11.3. The van der Waals surface area contributed by atoms with E-state index >= 15 is 0 Å². The monoisotopic (exact) mass is 260 g/mol. The minimum absolute atomic E-state index is 0.138. The second-order valence-electron chi connectivity index (χ2n) is 4.46. The second kappa shape index (κ2) is 8.05. The molecule has 6 heteroatoms. The van der Waals surface area contributed by atoms with Crippen molar-refractivity contribution in [1.29, 1.82) is 0 Å². The van der Waals surface area contributed by atoms with Gasteiger partial charge in [-0.3, -0.25) is 0 Å². The molecule has 18 heavy (non-hydrogen) atoms. The molecule has 1 aliphatic heterocycles. The minimum Gasteiger partial charge on any atom is -0.462 e. The van der Waals surface area contributed by atoms with Crippen molar-refractivity contribution in [3.05, 3.63) is 0 Å². The fraction of sp³-hybridized carbons (Fsp3) is 0.833. The second-order valence-corrected chi connectivity index (χ2v) is 4.46. The predicted molar refractivity (Wildman–Crippen MR) is 64.4 cm³/mol. The molecule has 1 saturated heterocycles. The Labute approximate surface area is 108 Å². The van der Waals surface area contributed by atoms with Gasteiger partial charge >= 0.3 is 11.9 Å². The highest BCUT2D eigenvalue weighted by Crippen LogP contribution is 1.74. The van der Waals surface area contributed by atoms with Crippen molar-refractivity contribution < 1.29 is 28.9 Å². The van der Waals surface area contributed by atoms with E-state index in [1.165, 1.54) is 9.80 Å². The van der Waals surface area contributed by atoms with E-state index in [0.717, 1.165) is 26.2 Å². The summed E-state index contributed by atoms with van der Waals surface area (Å²) >= 11 is 0. The van der Waals surface area contributed by atoms with E-state index in [9.17, 15) is 9.59 Å². The maximum Gasteiger partial charge on any atom is 0.361 e. The normalized spacial score (nSPS) is 23.4. The Balaban J connectivity index is 2.20. The van der Waals surface area contributed by atoms with Gasteiger partial charge in [0.1, 0.15) is 26.2 Å². The number of esters is 2. The van der Waals surface area contributed by atoms with Crippen LogP contribution < -0.4 is 9.80 Å². The lowest BCUT2D eigenvalue weighted by Gasteiger charge is -2.28. The van der Waals surface area contributed by atoms with Crippen LogP contribution in [0, 0.1) is 0 Å². The summed E-state index contributed by atoms with van der Waals surface area (Å²) in [4.78, 5) is 25.1. The minimum atomic E-state index is -0.138. The van der Waals surface area contributed by atoms with Crippen LogP contribution in [-0.4, -0.2) is 64.4 Å². The van der Waals surface area contributed by atoms with Crippen molar-refractivity contribution in [3.8, 4) is 0 Å². The molecule has 0 aliphatic carbocycles. The number of quaternary nitrogens is 2. The highest BCUT2D eigenvalue weighted by molar-refractivity contribution is 5.70. The topological polar surface area (TPSA) is 61.5 Å². The van der Waals surface area contributed by atoms with Gasteiger partial charge in [-0.05, 0) is 13.8 Å². The molecule has 1 rings (SSSR count). The quantitative estimate of drug-likeness (QED) is 0.497. The number of ether oxygens (including phenoxy) is 2. The molecule has 0 saturated carbocycles. The Morgan fingerprint density at radius 3 is 1.44 bits per heavy atom. The van der Waals surface area contributed by atoms with Gasteiger partial charge in [0.25, 0.3) is 0 Å². The van der Waals surface area contributed by atoms with Gasteiger partial charge in [0, 0.05) is 0 Å². The van der Waals surface area contributed by atoms with E-state index in [-0.39, 0.29) is 11.9 Å². The van der Waals surface area contributed by atoms with Gasteiger partial charge in [0.2, 0.25) is 0 Å². The molecule has 0 unspecified atom stereocenters. The van der Waals surface area contributed by atoms with Crippen LogP contribution in [-0.2, 0) is 19.1 Å². The van der Waals surface area contributed by atoms with Crippen molar-refractivity contribution in [2.45, 2.75) is 13.8 Å². The average molecular weight is 260 g/mol. The summed E-state index contributed by atoms with van der Waals surface area (Å²) < 4.78 is 9.85. The zero-order valence-corrected chi connectivity index (χ0v) is 11.3. The van der Waals surface area contributed by atoms with Crippen LogP contribution in [0.5, 0.6) is 0 Å². The zero-order chi connectivity index (χ0) is 13.4. The fourth-order valence-corrected chi connectivity index (χ4v) is 2.14. The number of hydrogen-bond acceptors (Lipinski definition) is 4. The number of nitrogens with one attached hydrogen (secondary N) is 2. The van der Waals surface area contributed by atoms with Crippen molar-refractivity contribution in [2.24, 2.45) is 0 Å². The molecule has 0 spiro atoms. The van der Waals surface area contributed by atoms with E-state index in [4.69, 9.17) is 9.47 Å². The Bertz CT molecular complexity index is 247. The van der Waals surface area contributed by atoms with Crippen molar-refractivity contribution >= 4 is 11.9 Å². The maximum atomic E-state index is 11.3. The van der Waals surface area contributed by atoms with Crippen molar-refractivity contribution in [3.63, 3.8) is 0 Å². The summed E-state index contributed by atoms with van der Waals surface area (Å²) in [5.74, 6) is -0.275. The third-order valence-corrected chi connectivity index (χ3v) is 3.06. The Hall–Kier alpha value is -1.14. The highest BCUT2D eigenvalue weighted by atomic mass is 16.5. The molecule has 1 aliphatic rings. The van der Waals surface area contributed by atoms with Crippen LogP contribution in [0.1, 0.15) is 13.8 Å². The van der Waals surface area contributed by atoms with E-state index in [0.29, 0.717) is 26.3 Å². The SMILES string of the molecule is CCOC(=O)C[NH+]1CC[NH+](CC(=O)OCC)CC1. The predicted octanol–water partition coefficient (Wildman–Crippen LogP) is -3.10. The van der Waals surface area contributed by atoms with Gasteiger partial charge in [0.15, 0.2) is 13.1 Å². The summed E-state index contributed by atoms with van der Waals surface area (Å²) in [5.41, 5.74) is 0. The van der Waals surface area contributed by atoms with Gasteiger partial charge in [0.05, 0.1) is 13.2 Å². The highest BCUT2D eigenvalue weighted by Gasteiger charge is 2.26. The number of piperazine rings is 1. The Morgan fingerprint density at radius 1 is 0.833 bits per heavy atom. The summed E-state index contributed by atoms with van der Waals surface area (Å²) in [6.07, 6.45) is 0. The van der Waals surface area contributed by atoms with E-state index in [1.807, 2.05) is 13.8 Å². The number of hydrogen-bond donors (Lipinski definition) is 2. The van der Waals surface area contributed by atoms with Crippen molar-refractivity contribution in [2.75, 3.05) is 52.5 Å². The molecular weight excluding hydrogens is 236 g/mol. The van der Waals surface area contributed by atoms with Crippen LogP contribution in [0.4, 0.5) is 0 Å². The molecular formula is C12H24N2O4+2. The smallest absolute Gasteiger partial charge is 0.361 e. The zero-order valence-electron chi connectivity index (χ0n) is 11.3. The van der Waals surface area contributed by atoms with Crippen molar-refractivity contribution in [1.82, 2.24) is 0 Å². The standard InChI is InChI=1S/C12H22N2O4/c1-3-17-11(15)9-13-5-7-14(8-6-13)10-12(16)18-4-2/h3-10H2,1-2H3/p+2. The molecule has 6 nitrogen and oxygen atoms in total. The van der Waals surface area contributed by atoms with Crippen LogP contribution in [0.3, 0.4) is 0 Å². The van der Waals surface area contributed by atoms with Crippen LogP contribution in [0.2, 0.25) is 0 Å². The number of carbonyl (C=O) groups is 2. The lowest BCUT2D eigenvalue weighted by Crippen LogP contribution is -3.28. The molecule has 104 valence electrons. The largest absolute Gasteiger partial charge is 0.462 e. The van der Waals surface area contributed by atoms with Crippen LogP contribution >= 0.6 is 0 Å². The summed E-state index contributed by atoms with van der Waals surface area (Å²) in [7, 11) is 0. The Kier molecular flexibility index (Phi) is 6.67. The van der Waals surface area contributed by atoms with E-state index in [1.54, 1.807) is 0 Å². The van der Waals surface area contributed by atoms with Gasteiger partial charge < -0.3 is 19.3 Å². The molecule has 0 bridgehead atoms. The first-order valence-corrected chi connectivity index (χ1v) is 6.64. The summed E-state index contributed by atoms with van der Waals surface area (Å²) in [6, 6.07) is 0. The van der Waals surface area contributed by atoms with E-state index < -0.39 is 0 Å². The average Bonchev–Trinajstić information content (AvgIpc) is 2.32. The molecule has 0 atom stereocenters. The lowest BCUT2D eigenvalue weighted by molar-refractivity contribution is -1.01. The molecule has 0 aromatic rings. The summed E-state index contributed by atoms with van der Waals surface area (Å²) in [5, 5.41) is 0. The fourth-order valence-electron chi connectivity index (χ4n) is 2.14. The molecule has 2 N–H and O–H groups in total. The lowest BCUT2D eigenvalue weighted by atomic mass is 10.3.